The third-order valence-corrected chi connectivity index (χ3v) is 35.3. The molecule has 14 aromatic carbocycles. The molecule has 0 spiro atoms. The number of oxazole rings is 2. The topological polar surface area (TPSA) is 65.0 Å². The summed E-state index contributed by atoms with van der Waals surface area (Å²) < 4.78 is 13.9. The molecule has 23 rings (SSSR count). The van der Waals surface area contributed by atoms with Gasteiger partial charge in [-0.15, -0.1) is 0 Å². The number of fused-ring (bicyclic) bond motifs is 13. The molecule has 10 heteroatoms. The molecule has 0 radical (unpaired) electrons. The minimum atomic E-state index is -0.145. The second-order valence-corrected chi connectivity index (χ2v) is 56.0. The maximum Gasteiger partial charge on any atom is 0.252 e. The van der Waals surface area contributed by atoms with E-state index in [0.717, 1.165) is 76.1 Å². The van der Waals surface area contributed by atoms with Crippen LogP contribution >= 0.6 is 0 Å². The van der Waals surface area contributed by atoms with Crippen LogP contribution in [-0.2, 0) is 70.4 Å². The van der Waals surface area contributed by atoms with Crippen molar-refractivity contribution >= 4 is 137 Å². The number of hydrogen-bond donors (Lipinski definition) is 0. The van der Waals surface area contributed by atoms with Gasteiger partial charge in [0.1, 0.15) is 11.0 Å². The van der Waals surface area contributed by atoms with Crippen LogP contribution in [0.5, 0.6) is 0 Å². The number of anilines is 12. The highest BCUT2D eigenvalue weighted by atomic mass is 16.4. The number of rotatable bonds is 8. The number of hydrogen-bond acceptors (Lipinski definition) is 8. The van der Waals surface area contributed by atoms with Crippen LogP contribution in [0.4, 0.5) is 68.2 Å². The molecule has 0 saturated carbocycles. The van der Waals surface area contributed by atoms with Gasteiger partial charge in [0, 0.05) is 91.5 Å². The highest BCUT2D eigenvalue weighted by Gasteiger charge is 2.52. The van der Waals surface area contributed by atoms with Crippen molar-refractivity contribution in [2.45, 2.75) is 337 Å². The Morgan fingerprint density at radius 1 is 0.209 bits per heavy atom. The van der Waals surface area contributed by atoms with Crippen LogP contribution in [0.3, 0.4) is 0 Å². The van der Waals surface area contributed by atoms with Gasteiger partial charge in [0.15, 0.2) is 11.2 Å². The molecule has 3 aliphatic carbocycles. The van der Waals surface area contributed by atoms with E-state index in [-0.39, 0.29) is 83.8 Å². The van der Waals surface area contributed by atoms with Gasteiger partial charge in [-0.1, -0.05) is 356 Å². The molecule has 0 saturated heterocycles. The Morgan fingerprint density at radius 2 is 0.453 bits per heavy atom. The monoisotopic (exact) mass is 1950 g/mol. The number of nitrogens with zero attached hydrogens (tertiary/aromatic N) is 6. The van der Waals surface area contributed by atoms with Gasteiger partial charge in [0.25, 0.3) is 13.4 Å². The fraction of sp³-hybridized carbons (Fsp3) is 0.377. The third kappa shape index (κ3) is 17.1. The first-order chi connectivity index (χ1) is 69.2. The first-order valence-corrected chi connectivity index (χ1v) is 54.9. The second-order valence-electron chi connectivity index (χ2n) is 56.0. The van der Waals surface area contributed by atoms with Crippen molar-refractivity contribution in [3.8, 4) is 45.2 Å². The molecule has 16 aromatic rings. The molecule has 0 unspecified atom stereocenters. The van der Waals surface area contributed by atoms with Gasteiger partial charge in [0.05, 0.1) is 0 Å². The lowest BCUT2D eigenvalue weighted by Crippen LogP contribution is -2.62. The largest absolute Gasteiger partial charge is 0.436 e. The molecule has 148 heavy (non-hydrogen) atoms. The standard InChI is InChI=1S/C71H80BN3O.C67H74BN3O/c1-65(2,3)46-24-22-44(23-25-46)43-18-20-45(21-19-43)64-73-57-41-56-59(42-62(57)76-64)74(49-28-26-47(27-29-49)66(4,5)6)60-36-48(67(7,8)9)37-61-63(60)72(56)55-39-53-54(71(16,17)35-34-70(53,14)15)40-58(55)75(61)50-30-31-51-52(38-50)69(12,13)33-32-68(51,10)11;1-62(2,3)44-23-21-42(22-24-44)41-17-19-43(20-18-41)61-69-54-39-53-56(40-59(54)72-61)71(49-30-31-50-51(38-49)67(15,16)34-33-66(50,13)14)58-37-47(65(10,11)12)36-57-60(58)68(53)52-35-46(64(7,8)9)27-32-55(52)70(57)48-28-25-45(26-29-48)63(4,5)6/h18-31,36-42H,32-35H2,1-17H3;17-32,35-40H,33-34H2,1-16H3. The van der Waals surface area contributed by atoms with E-state index in [1.54, 1.807) is 0 Å². The molecule has 754 valence electrons. The van der Waals surface area contributed by atoms with Gasteiger partial charge in [-0.05, 0) is 358 Å². The molecular weight excluding hydrogens is 1800 g/mol. The highest BCUT2D eigenvalue weighted by Crippen LogP contribution is 2.58. The molecular formula is C138H154B2N6O2. The van der Waals surface area contributed by atoms with Gasteiger partial charge in [-0.2, -0.15) is 0 Å². The van der Waals surface area contributed by atoms with Crippen molar-refractivity contribution in [3.63, 3.8) is 0 Å². The first-order valence-electron chi connectivity index (χ1n) is 54.9. The zero-order valence-electron chi connectivity index (χ0n) is 94.7. The van der Waals surface area contributed by atoms with Crippen LogP contribution in [0.2, 0.25) is 0 Å². The molecule has 8 nitrogen and oxygen atoms in total. The van der Waals surface area contributed by atoms with Crippen LogP contribution in [0.1, 0.15) is 339 Å². The van der Waals surface area contributed by atoms with Gasteiger partial charge < -0.3 is 28.4 Å². The molecule has 7 aliphatic rings. The summed E-state index contributed by atoms with van der Waals surface area (Å²) in [4.78, 5) is 21.1. The molecule has 0 atom stereocenters. The van der Waals surface area contributed by atoms with Crippen LogP contribution < -0.4 is 52.4 Å². The van der Waals surface area contributed by atoms with E-state index >= 15 is 0 Å². The summed E-state index contributed by atoms with van der Waals surface area (Å²) in [6.07, 6.45) is 6.96. The molecule has 6 heterocycles. The van der Waals surface area contributed by atoms with E-state index in [1.807, 2.05) is 0 Å². The molecule has 2 aromatic heterocycles. The predicted molar refractivity (Wildman–Crippen MR) is 635 cm³/mol. The van der Waals surface area contributed by atoms with Crippen molar-refractivity contribution in [1.82, 2.24) is 9.97 Å². The van der Waals surface area contributed by atoms with Gasteiger partial charge in [-0.25, -0.2) is 9.97 Å². The van der Waals surface area contributed by atoms with Crippen molar-refractivity contribution in [3.05, 3.63) is 333 Å². The van der Waals surface area contributed by atoms with Crippen molar-refractivity contribution < 1.29 is 8.83 Å². The van der Waals surface area contributed by atoms with Crippen LogP contribution in [0.25, 0.3) is 67.4 Å². The average Bonchev–Trinajstić information content (AvgIpc) is 0.872. The Hall–Kier alpha value is -12.7. The van der Waals surface area contributed by atoms with E-state index in [2.05, 4.69) is 509 Å². The second kappa shape index (κ2) is 33.9. The maximum absolute atomic E-state index is 6.94. The van der Waals surface area contributed by atoms with E-state index < -0.39 is 0 Å². The molecule has 0 bridgehead atoms. The average molecular weight is 1950 g/mol. The van der Waals surface area contributed by atoms with Gasteiger partial charge in [0.2, 0.25) is 11.8 Å². The Balaban J connectivity index is 0.000000168. The molecule has 0 amide bonds. The Bertz CT molecular complexity index is 8020. The molecule has 0 N–H and O–H groups in total. The molecule has 4 aliphatic heterocycles. The number of benzene rings is 14. The van der Waals surface area contributed by atoms with Crippen molar-refractivity contribution in [2.24, 2.45) is 0 Å². The van der Waals surface area contributed by atoms with E-state index in [1.165, 1.54) is 191 Å². The van der Waals surface area contributed by atoms with Crippen molar-refractivity contribution in [2.75, 3.05) is 19.6 Å². The fourth-order valence-electron chi connectivity index (χ4n) is 25.2. The molecule has 0 fully saturated rings. The lowest BCUT2D eigenvalue weighted by Gasteiger charge is -2.48. The minimum Gasteiger partial charge on any atom is -0.436 e. The van der Waals surface area contributed by atoms with Crippen LogP contribution in [-0.4, -0.2) is 23.4 Å². The zero-order chi connectivity index (χ0) is 105. The normalized spacial score (nSPS) is 17.0. The summed E-state index contributed by atoms with van der Waals surface area (Å²) in [5.41, 5.74) is 50.5. The summed E-state index contributed by atoms with van der Waals surface area (Å²) in [5.74, 6) is 1.26. The quantitative estimate of drug-likeness (QED) is 0.139. The lowest BCUT2D eigenvalue weighted by molar-refractivity contribution is 0.332. The summed E-state index contributed by atoms with van der Waals surface area (Å²) in [6.45, 7) is 77.9. The highest BCUT2D eigenvalue weighted by molar-refractivity contribution is 7.01. The van der Waals surface area contributed by atoms with E-state index in [9.17, 15) is 0 Å². The number of aromatic nitrogens is 2. The smallest absolute Gasteiger partial charge is 0.252 e. The Kier molecular flexibility index (Phi) is 22.9. The van der Waals surface area contributed by atoms with Crippen LogP contribution in [0.15, 0.2) is 270 Å². The SMILES string of the molecule is CC(C)(C)c1ccc(-c2ccc(-c3nc4cc5c(cc4o3)N(c3ccc(C(C)(C)C)cc3)c3cc(C(C)(C)C)cc4c3B5c3cc5c(cc3N4c3ccc4c(c3)C(C)(C)CCC4(C)C)C(C)(C)CCC5(C)C)cc2)cc1.CC(C)(C)c1ccc(-c2ccc(-c3nc4cc5c(cc4o3)N(c3ccc4c(c3)C(C)(C)CCC4(C)C)c3cc(C(C)(C)C)cc4c3B5c3cc(C(C)(C)C)ccc3N4c3ccc(C(C)(C)C)cc3)cc2)cc1. The van der Waals surface area contributed by atoms with Crippen molar-refractivity contribution in [1.29, 1.82) is 0 Å². The minimum absolute atomic E-state index is 0.0105. The zero-order valence-corrected chi connectivity index (χ0v) is 94.7. The summed E-state index contributed by atoms with van der Waals surface area (Å²) >= 11 is 0. The van der Waals surface area contributed by atoms with E-state index in [0.29, 0.717) is 11.8 Å². The summed E-state index contributed by atoms with van der Waals surface area (Å²) in [6, 6.07) is 101. The maximum atomic E-state index is 6.94. The summed E-state index contributed by atoms with van der Waals surface area (Å²) in [5, 5.41) is 0. The van der Waals surface area contributed by atoms with Crippen LogP contribution in [0, 0.1) is 0 Å². The van der Waals surface area contributed by atoms with E-state index in [4.69, 9.17) is 18.8 Å². The first kappa shape index (κ1) is 99.9. The van der Waals surface area contributed by atoms with Gasteiger partial charge in [-0.3, -0.25) is 0 Å². The fourth-order valence-corrected chi connectivity index (χ4v) is 25.2. The Labute approximate surface area is 884 Å². The summed E-state index contributed by atoms with van der Waals surface area (Å²) in [7, 11) is 0. The Morgan fingerprint density at radius 3 is 0.777 bits per heavy atom. The third-order valence-electron chi connectivity index (χ3n) is 35.3. The lowest BCUT2D eigenvalue weighted by atomic mass is 9.33. The van der Waals surface area contributed by atoms with Gasteiger partial charge >= 0.3 is 0 Å². The predicted octanol–water partition coefficient (Wildman–Crippen LogP) is 34.6.